The first kappa shape index (κ1) is 38.7. The highest BCUT2D eigenvalue weighted by molar-refractivity contribution is 5.83. The second-order valence-electron chi connectivity index (χ2n) is 13.5. The van der Waals surface area contributed by atoms with Gasteiger partial charge in [-0.3, -0.25) is 9.59 Å². The average molecular weight is 642 g/mol. The molecule has 10 N–H and O–H groups in total. The Bertz CT molecular complexity index is 1100. The lowest BCUT2D eigenvalue weighted by atomic mass is 9.80. The maximum absolute atomic E-state index is 13.0. The number of rotatable bonds is 17. The number of carbonyl (C=O) groups is 2. The highest BCUT2D eigenvalue weighted by atomic mass is 16.7. The first-order valence-corrected chi connectivity index (χ1v) is 15.6. The van der Waals surface area contributed by atoms with Gasteiger partial charge >= 0.3 is 0 Å². The minimum absolute atomic E-state index is 0.0332. The zero-order valence-corrected chi connectivity index (χ0v) is 27.6. The molecule has 13 heteroatoms. The van der Waals surface area contributed by atoms with E-state index >= 15 is 0 Å². The fraction of sp³-hybridized carbons (Fsp3) is 0.750. The fourth-order valence-electron chi connectivity index (χ4n) is 5.27. The fourth-order valence-corrected chi connectivity index (χ4v) is 5.27. The maximum Gasteiger partial charge on any atom is 0.229 e. The van der Waals surface area contributed by atoms with Crippen LogP contribution in [-0.2, 0) is 20.7 Å². The van der Waals surface area contributed by atoms with Crippen LogP contribution in [0.15, 0.2) is 18.2 Å². The summed E-state index contributed by atoms with van der Waals surface area (Å²) in [7, 11) is 1.45. The molecule has 0 aliphatic carbocycles. The van der Waals surface area contributed by atoms with Crippen LogP contribution >= 0.6 is 0 Å². The minimum Gasteiger partial charge on any atom is -0.493 e. The Morgan fingerprint density at radius 1 is 1.02 bits per heavy atom. The SMILES string of the molecule is COc1ccc(C[C@@H](C[C@H](N)[C@@H](O)C[C@H](C(=O)NCC(C)(C)C(N)=O)C(C)C)C(C)C)cc1O[C@@H]1O[C@H](CO)[C@@H](O)[C@H](O)[C@H]1O. The van der Waals surface area contributed by atoms with Gasteiger partial charge in [-0.05, 0) is 68.6 Å². The van der Waals surface area contributed by atoms with Crippen LogP contribution in [0.2, 0.25) is 0 Å². The third-order valence-corrected chi connectivity index (χ3v) is 8.84. The zero-order chi connectivity index (χ0) is 34.2. The van der Waals surface area contributed by atoms with Crippen LogP contribution in [0.25, 0.3) is 0 Å². The molecule has 1 aliphatic heterocycles. The lowest BCUT2D eigenvalue weighted by molar-refractivity contribution is -0.277. The summed E-state index contributed by atoms with van der Waals surface area (Å²) in [4.78, 5) is 24.7. The Kier molecular flexibility index (Phi) is 14.5. The van der Waals surface area contributed by atoms with E-state index in [4.69, 9.17) is 25.7 Å². The van der Waals surface area contributed by atoms with Gasteiger partial charge in [0, 0.05) is 18.5 Å². The number of aliphatic hydroxyl groups is 5. The van der Waals surface area contributed by atoms with Gasteiger partial charge in [-0.25, -0.2) is 0 Å². The summed E-state index contributed by atoms with van der Waals surface area (Å²) in [5, 5.41) is 54.1. The Labute approximate surface area is 266 Å². The molecule has 1 fully saturated rings. The second kappa shape index (κ2) is 16.9. The monoisotopic (exact) mass is 641 g/mol. The van der Waals surface area contributed by atoms with E-state index in [0.29, 0.717) is 18.6 Å². The molecule has 0 spiro atoms. The summed E-state index contributed by atoms with van der Waals surface area (Å²) in [5.41, 5.74) is 11.9. The van der Waals surface area contributed by atoms with E-state index in [2.05, 4.69) is 19.2 Å². The van der Waals surface area contributed by atoms with Crippen LogP contribution in [0.1, 0.15) is 59.9 Å². The number of ether oxygens (including phenoxy) is 3. The molecule has 13 nitrogen and oxygen atoms in total. The van der Waals surface area contributed by atoms with Gasteiger partial charge in [0.15, 0.2) is 11.5 Å². The largest absolute Gasteiger partial charge is 0.493 e. The van der Waals surface area contributed by atoms with Crippen LogP contribution in [-0.4, -0.2) is 100 Å². The second-order valence-corrected chi connectivity index (χ2v) is 13.5. The topological polar surface area (TPSA) is 227 Å². The summed E-state index contributed by atoms with van der Waals surface area (Å²) in [5.74, 6) is -0.586. The van der Waals surface area contributed by atoms with E-state index in [1.807, 2.05) is 19.9 Å². The van der Waals surface area contributed by atoms with Gasteiger partial charge in [-0.1, -0.05) is 33.8 Å². The van der Waals surface area contributed by atoms with Gasteiger partial charge in [0.25, 0.3) is 0 Å². The van der Waals surface area contributed by atoms with Crippen LogP contribution in [0, 0.1) is 29.1 Å². The zero-order valence-electron chi connectivity index (χ0n) is 27.6. The molecule has 9 atom stereocenters. The number of aliphatic hydroxyl groups excluding tert-OH is 5. The molecule has 0 saturated carbocycles. The molecule has 1 aliphatic rings. The third-order valence-electron chi connectivity index (χ3n) is 8.84. The summed E-state index contributed by atoms with van der Waals surface area (Å²) in [6, 6.07) is 4.68. The Morgan fingerprint density at radius 2 is 1.67 bits per heavy atom. The molecule has 258 valence electrons. The smallest absolute Gasteiger partial charge is 0.229 e. The molecular formula is C32H55N3O10. The predicted molar refractivity (Wildman–Crippen MR) is 167 cm³/mol. The molecule has 1 heterocycles. The highest BCUT2D eigenvalue weighted by Gasteiger charge is 2.45. The van der Waals surface area contributed by atoms with Crippen molar-refractivity contribution in [2.24, 2.45) is 40.6 Å². The molecule has 45 heavy (non-hydrogen) atoms. The number of nitrogens with two attached hydrogens (primary N) is 2. The number of hydrogen-bond donors (Lipinski definition) is 8. The summed E-state index contributed by atoms with van der Waals surface area (Å²) < 4.78 is 16.8. The lowest BCUT2D eigenvalue weighted by Gasteiger charge is -2.39. The van der Waals surface area contributed by atoms with E-state index in [1.54, 1.807) is 26.0 Å². The molecule has 2 rings (SSSR count). The van der Waals surface area contributed by atoms with E-state index in [0.717, 1.165) is 5.56 Å². The van der Waals surface area contributed by atoms with Crippen molar-refractivity contribution in [1.29, 1.82) is 0 Å². The quantitative estimate of drug-likeness (QED) is 0.113. The summed E-state index contributed by atoms with van der Waals surface area (Å²) in [6.45, 7) is 10.7. The minimum atomic E-state index is -1.59. The average Bonchev–Trinajstić information content (AvgIpc) is 2.98. The van der Waals surface area contributed by atoms with Crippen LogP contribution in [0.4, 0.5) is 0 Å². The normalized spacial score (nSPS) is 25.0. The molecule has 2 amide bonds. The number of benzene rings is 1. The van der Waals surface area contributed by atoms with Gasteiger partial charge in [0.05, 0.1) is 25.2 Å². The van der Waals surface area contributed by atoms with Crippen molar-refractivity contribution < 1.29 is 49.3 Å². The van der Waals surface area contributed by atoms with Gasteiger partial charge < -0.3 is 56.5 Å². The van der Waals surface area contributed by atoms with Crippen molar-refractivity contribution in [3.05, 3.63) is 23.8 Å². The summed E-state index contributed by atoms with van der Waals surface area (Å²) in [6.07, 6.45) is -6.93. The number of carbonyl (C=O) groups excluding carboxylic acids is 2. The molecular weight excluding hydrogens is 586 g/mol. The number of methoxy groups -OCH3 is 1. The van der Waals surface area contributed by atoms with Crippen molar-refractivity contribution in [3.63, 3.8) is 0 Å². The van der Waals surface area contributed by atoms with Crippen LogP contribution < -0.4 is 26.3 Å². The van der Waals surface area contributed by atoms with Gasteiger partial charge in [-0.15, -0.1) is 0 Å². The molecule has 1 aromatic carbocycles. The molecule has 0 aromatic heterocycles. The first-order chi connectivity index (χ1) is 20.9. The molecule has 1 aromatic rings. The lowest BCUT2D eigenvalue weighted by Crippen LogP contribution is -2.60. The molecule has 1 saturated heterocycles. The van der Waals surface area contributed by atoms with Crippen LogP contribution in [0.3, 0.4) is 0 Å². The summed E-state index contributed by atoms with van der Waals surface area (Å²) >= 11 is 0. The van der Waals surface area contributed by atoms with Crippen LogP contribution in [0.5, 0.6) is 11.5 Å². The number of nitrogens with one attached hydrogen (secondary N) is 1. The number of primary amides is 1. The number of hydrogen-bond acceptors (Lipinski definition) is 11. The van der Waals surface area contributed by atoms with Crippen molar-refractivity contribution >= 4 is 11.8 Å². The van der Waals surface area contributed by atoms with Gasteiger partial charge in [0.2, 0.25) is 18.1 Å². The van der Waals surface area contributed by atoms with E-state index in [9.17, 15) is 35.1 Å². The van der Waals surface area contributed by atoms with Crippen molar-refractivity contribution in [3.8, 4) is 11.5 Å². The Balaban J connectivity index is 2.13. The van der Waals surface area contributed by atoms with Gasteiger partial charge in [0.1, 0.15) is 24.4 Å². The van der Waals surface area contributed by atoms with Crippen molar-refractivity contribution in [2.45, 2.75) is 104 Å². The Hall–Kier alpha value is -2.52. The number of amides is 2. The molecule has 0 radical (unpaired) electrons. The van der Waals surface area contributed by atoms with Crippen molar-refractivity contribution in [2.75, 3.05) is 20.3 Å². The van der Waals surface area contributed by atoms with E-state index < -0.39 is 66.7 Å². The standard InChI is InChI=1S/C32H55N3O10/c1-16(2)19(12-21(33)22(37)13-20(17(3)4)29(41)35-15-32(5,6)31(34)42)10-18-8-9-23(43-7)24(11-18)44-30-28(40)27(39)26(38)25(14-36)45-30/h8-9,11,16-17,19-22,25-28,30,36-40H,10,12-15,33H2,1-7H3,(H2,34,42)(H,35,41)/t19-,20-,21-,22-,25+,26+,27-,28+,30+/m0/s1. The van der Waals surface area contributed by atoms with Crippen molar-refractivity contribution in [1.82, 2.24) is 5.32 Å². The van der Waals surface area contributed by atoms with Gasteiger partial charge in [-0.2, -0.15) is 0 Å². The third kappa shape index (κ3) is 10.5. The molecule has 0 bridgehead atoms. The van der Waals surface area contributed by atoms with E-state index in [1.165, 1.54) is 7.11 Å². The predicted octanol–water partition coefficient (Wildman–Crippen LogP) is 0.0569. The Morgan fingerprint density at radius 3 is 2.20 bits per heavy atom. The molecule has 0 unspecified atom stereocenters. The maximum atomic E-state index is 13.0. The van der Waals surface area contributed by atoms with E-state index in [-0.39, 0.29) is 42.4 Å². The highest BCUT2D eigenvalue weighted by Crippen LogP contribution is 2.34. The first-order valence-electron chi connectivity index (χ1n) is 15.6.